The fourth-order valence-electron chi connectivity index (χ4n) is 4.45. The number of ether oxygens (including phenoxy) is 2. The van der Waals surface area contributed by atoms with Crippen molar-refractivity contribution in [3.8, 4) is 0 Å². The number of likely N-dealkylation sites (tertiary alicyclic amines) is 1. The second kappa shape index (κ2) is 8.03. The van der Waals surface area contributed by atoms with Crippen LogP contribution >= 0.6 is 0 Å². The maximum atomic E-state index is 12.6. The summed E-state index contributed by atoms with van der Waals surface area (Å²) in [7, 11) is 0. The third kappa shape index (κ3) is 4.08. The van der Waals surface area contributed by atoms with Gasteiger partial charge in [-0.1, -0.05) is 6.07 Å². The van der Waals surface area contributed by atoms with Crippen LogP contribution in [0.15, 0.2) is 24.5 Å². The molecule has 0 aromatic carbocycles. The molecule has 4 heterocycles. The van der Waals surface area contributed by atoms with Crippen LogP contribution in [0.4, 0.5) is 0 Å². The average Bonchev–Trinajstić information content (AvgIpc) is 3.14. The van der Waals surface area contributed by atoms with Gasteiger partial charge in [-0.3, -0.25) is 14.7 Å². The molecule has 3 fully saturated rings. The summed E-state index contributed by atoms with van der Waals surface area (Å²) in [4.78, 5) is 21.3. The lowest BCUT2D eigenvalue weighted by Crippen LogP contribution is -2.50. The highest BCUT2D eigenvalue weighted by molar-refractivity contribution is 5.81. The summed E-state index contributed by atoms with van der Waals surface area (Å²) in [5, 5.41) is 0. The molecule has 26 heavy (non-hydrogen) atoms. The predicted octanol–water partition coefficient (Wildman–Crippen LogP) is 1.70. The summed E-state index contributed by atoms with van der Waals surface area (Å²) >= 11 is 0. The molecule has 1 spiro atoms. The normalized spacial score (nSPS) is 26.8. The minimum atomic E-state index is -0.198. The van der Waals surface area contributed by atoms with Gasteiger partial charge in [0.05, 0.1) is 13.2 Å². The Labute approximate surface area is 155 Å². The highest BCUT2D eigenvalue weighted by Crippen LogP contribution is 2.35. The fraction of sp³-hybridized carbons (Fsp3) is 0.700. The first kappa shape index (κ1) is 17.9. The topological polar surface area (TPSA) is 54.9 Å². The Morgan fingerprint density at radius 1 is 1.27 bits per heavy atom. The smallest absolute Gasteiger partial charge is 0.251 e. The lowest BCUT2D eigenvalue weighted by molar-refractivity contribution is -0.144. The number of aromatic nitrogens is 1. The molecule has 0 aliphatic carbocycles. The van der Waals surface area contributed by atoms with E-state index < -0.39 is 0 Å². The van der Waals surface area contributed by atoms with E-state index in [-0.39, 0.29) is 17.4 Å². The van der Waals surface area contributed by atoms with Crippen molar-refractivity contribution < 1.29 is 14.3 Å². The highest BCUT2D eigenvalue weighted by Gasteiger charge is 2.40. The van der Waals surface area contributed by atoms with Crippen LogP contribution in [-0.4, -0.2) is 72.8 Å². The van der Waals surface area contributed by atoms with Crippen LogP contribution in [0.1, 0.15) is 31.2 Å². The van der Waals surface area contributed by atoms with Crippen LogP contribution in [0.3, 0.4) is 0 Å². The molecule has 0 bridgehead atoms. The number of hydrogen-bond donors (Lipinski definition) is 0. The molecule has 3 saturated heterocycles. The lowest BCUT2D eigenvalue weighted by Gasteiger charge is -2.43. The molecule has 1 atom stereocenters. The molecule has 0 saturated carbocycles. The van der Waals surface area contributed by atoms with Crippen molar-refractivity contribution in [1.29, 1.82) is 0 Å². The first-order valence-corrected chi connectivity index (χ1v) is 9.84. The Kier molecular flexibility index (Phi) is 5.52. The maximum Gasteiger partial charge on any atom is 0.251 e. The number of hydrogen-bond acceptors (Lipinski definition) is 5. The molecule has 6 heteroatoms. The summed E-state index contributed by atoms with van der Waals surface area (Å²) in [6.45, 7) is 6.85. The quantitative estimate of drug-likeness (QED) is 0.822. The Morgan fingerprint density at radius 2 is 2.15 bits per heavy atom. The van der Waals surface area contributed by atoms with E-state index in [9.17, 15) is 4.79 Å². The highest BCUT2D eigenvalue weighted by atomic mass is 16.5. The SMILES string of the molecule is O=C([C@H]1CCCO1)N1CCC2(CC1)COCCN(Cc1cccnc1)C2. The van der Waals surface area contributed by atoms with Crippen molar-refractivity contribution in [3.05, 3.63) is 30.1 Å². The largest absolute Gasteiger partial charge is 0.379 e. The third-order valence-electron chi connectivity index (χ3n) is 5.99. The van der Waals surface area contributed by atoms with Crippen LogP contribution in [0, 0.1) is 5.41 Å². The van der Waals surface area contributed by atoms with E-state index in [0.717, 1.165) is 78.2 Å². The first-order valence-electron chi connectivity index (χ1n) is 9.84. The zero-order valence-corrected chi connectivity index (χ0v) is 15.4. The zero-order chi connectivity index (χ0) is 17.8. The number of nitrogens with zero attached hydrogens (tertiary/aromatic N) is 3. The Balaban J connectivity index is 1.36. The van der Waals surface area contributed by atoms with E-state index in [1.165, 1.54) is 5.56 Å². The van der Waals surface area contributed by atoms with Gasteiger partial charge >= 0.3 is 0 Å². The number of carbonyl (C=O) groups excluding carboxylic acids is 1. The van der Waals surface area contributed by atoms with Gasteiger partial charge in [-0.15, -0.1) is 0 Å². The van der Waals surface area contributed by atoms with E-state index in [1.54, 1.807) is 0 Å². The van der Waals surface area contributed by atoms with Crippen molar-refractivity contribution in [2.75, 3.05) is 46.0 Å². The van der Waals surface area contributed by atoms with Crippen molar-refractivity contribution in [2.45, 2.75) is 38.3 Å². The van der Waals surface area contributed by atoms with Crippen molar-refractivity contribution >= 4 is 5.91 Å². The molecule has 4 rings (SSSR count). The first-order chi connectivity index (χ1) is 12.7. The van der Waals surface area contributed by atoms with E-state index in [1.807, 2.05) is 23.4 Å². The molecule has 0 unspecified atom stereocenters. The Bertz CT molecular complexity index is 596. The van der Waals surface area contributed by atoms with Gasteiger partial charge in [-0.25, -0.2) is 0 Å². The van der Waals surface area contributed by atoms with Crippen molar-refractivity contribution in [3.63, 3.8) is 0 Å². The van der Waals surface area contributed by atoms with Gasteiger partial charge in [0.2, 0.25) is 0 Å². The molecule has 142 valence electrons. The van der Waals surface area contributed by atoms with Crippen LogP contribution in [0.2, 0.25) is 0 Å². The summed E-state index contributed by atoms with van der Waals surface area (Å²) in [5.41, 5.74) is 1.40. The predicted molar refractivity (Wildman–Crippen MR) is 97.6 cm³/mol. The average molecular weight is 359 g/mol. The van der Waals surface area contributed by atoms with E-state index >= 15 is 0 Å². The van der Waals surface area contributed by atoms with Gasteiger partial charge in [0, 0.05) is 57.1 Å². The maximum absolute atomic E-state index is 12.6. The van der Waals surface area contributed by atoms with Crippen molar-refractivity contribution in [2.24, 2.45) is 5.41 Å². The molecule has 0 radical (unpaired) electrons. The van der Waals surface area contributed by atoms with Crippen LogP contribution in [-0.2, 0) is 20.8 Å². The minimum Gasteiger partial charge on any atom is -0.379 e. The fourth-order valence-corrected chi connectivity index (χ4v) is 4.45. The molecule has 1 aromatic heterocycles. The molecule has 1 aromatic rings. The Hall–Kier alpha value is -1.50. The van der Waals surface area contributed by atoms with Crippen LogP contribution in [0.25, 0.3) is 0 Å². The second-order valence-corrected chi connectivity index (χ2v) is 7.95. The van der Waals surface area contributed by atoms with Crippen LogP contribution < -0.4 is 0 Å². The van der Waals surface area contributed by atoms with E-state index in [0.29, 0.717) is 0 Å². The molecular weight excluding hydrogens is 330 g/mol. The summed E-state index contributed by atoms with van der Waals surface area (Å²) in [5.74, 6) is 0.194. The molecule has 6 nitrogen and oxygen atoms in total. The van der Waals surface area contributed by atoms with Gasteiger partial charge in [0.1, 0.15) is 6.10 Å². The molecule has 0 N–H and O–H groups in total. The third-order valence-corrected chi connectivity index (χ3v) is 5.99. The number of pyridine rings is 1. The van der Waals surface area contributed by atoms with E-state index in [4.69, 9.17) is 9.47 Å². The van der Waals surface area contributed by atoms with Gasteiger partial charge in [0.25, 0.3) is 5.91 Å². The number of carbonyl (C=O) groups is 1. The van der Waals surface area contributed by atoms with Gasteiger partial charge in [-0.2, -0.15) is 0 Å². The van der Waals surface area contributed by atoms with Crippen molar-refractivity contribution in [1.82, 2.24) is 14.8 Å². The van der Waals surface area contributed by atoms with E-state index in [2.05, 4.69) is 16.0 Å². The van der Waals surface area contributed by atoms with Gasteiger partial charge < -0.3 is 14.4 Å². The second-order valence-electron chi connectivity index (χ2n) is 7.95. The van der Waals surface area contributed by atoms with Crippen LogP contribution in [0.5, 0.6) is 0 Å². The number of amides is 1. The summed E-state index contributed by atoms with van der Waals surface area (Å²) < 4.78 is 11.5. The molecule has 3 aliphatic rings. The Morgan fingerprint density at radius 3 is 2.88 bits per heavy atom. The molecule has 1 amide bonds. The molecular formula is C20H29N3O3. The summed E-state index contributed by atoms with van der Waals surface area (Å²) in [6.07, 6.45) is 7.47. The monoisotopic (exact) mass is 359 g/mol. The minimum absolute atomic E-state index is 0.159. The van der Waals surface area contributed by atoms with Gasteiger partial charge in [-0.05, 0) is 37.3 Å². The van der Waals surface area contributed by atoms with Gasteiger partial charge in [0.15, 0.2) is 0 Å². The summed E-state index contributed by atoms with van der Waals surface area (Å²) in [6, 6.07) is 4.13. The lowest BCUT2D eigenvalue weighted by atomic mass is 9.78. The molecule has 3 aliphatic heterocycles. The number of piperidine rings is 1. The zero-order valence-electron chi connectivity index (χ0n) is 15.4. The number of rotatable bonds is 3. The standard InChI is InChI=1S/C20H29N3O3/c24-19(18-4-2-11-26-18)23-8-5-20(6-9-23)15-22(10-12-25-16-20)14-17-3-1-7-21-13-17/h1,3,7,13,18H,2,4-6,8-12,14-16H2/t18-/m1/s1.